The van der Waals surface area contributed by atoms with Gasteiger partial charge in [0.2, 0.25) is 5.91 Å². The van der Waals surface area contributed by atoms with E-state index in [1.165, 1.54) is 11.3 Å². The minimum absolute atomic E-state index is 0.0793. The molecule has 1 fully saturated rings. The van der Waals surface area contributed by atoms with Gasteiger partial charge in [-0.15, -0.1) is 11.3 Å². The molecule has 33 heavy (non-hydrogen) atoms. The normalized spacial score (nSPS) is 16.3. The molecule has 1 atom stereocenters. The third-order valence-corrected chi connectivity index (χ3v) is 6.67. The summed E-state index contributed by atoms with van der Waals surface area (Å²) in [5.74, 6) is -0.804. The van der Waals surface area contributed by atoms with E-state index in [4.69, 9.17) is 0 Å². The summed E-state index contributed by atoms with van der Waals surface area (Å²) in [6.45, 7) is 5.49. The molecule has 1 aliphatic rings. The second-order valence-corrected chi connectivity index (χ2v) is 10.3. The van der Waals surface area contributed by atoms with Crippen LogP contribution in [0.4, 0.5) is 4.79 Å². The number of nitrogens with zero attached hydrogens (tertiary/aromatic N) is 1. The lowest BCUT2D eigenvalue weighted by Gasteiger charge is -2.17. The Morgan fingerprint density at radius 1 is 1.12 bits per heavy atom. The molecular weight excluding hydrogens is 440 g/mol. The summed E-state index contributed by atoms with van der Waals surface area (Å²) in [6, 6.07) is 9.91. The molecule has 1 aromatic carbocycles. The highest BCUT2D eigenvalue weighted by Gasteiger charge is 2.39. The standard InChI is InChI=1S/C24H26N4O4S/c1-24(2,3)22(31)26-12-15-8-9-20(33-15)19(29)13-28-21(30)18(27-23(28)32)10-14-11-25-17-7-5-4-6-16(14)17/h4-9,11,18,25H,10,12-13H2,1-3H3,(H,26,31)(H,27,32)/t18-/m1/s1. The van der Waals surface area contributed by atoms with E-state index >= 15 is 0 Å². The Morgan fingerprint density at radius 2 is 1.88 bits per heavy atom. The van der Waals surface area contributed by atoms with Crippen molar-refractivity contribution >= 4 is 45.9 Å². The van der Waals surface area contributed by atoms with Gasteiger partial charge in [-0.25, -0.2) is 4.79 Å². The summed E-state index contributed by atoms with van der Waals surface area (Å²) in [4.78, 5) is 55.5. The Kier molecular flexibility index (Phi) is 6.07. The first-order valence-corrected chi connectivity index (χ1v) is 11.5. The van der Waals surface area contributed by atoms with Crippen molar-refractivity contribution < 1.29 is 19.2 Å². The molecule has 3 aromatic rings. The van der Waals surface area contributed by atoms with Crippen molar-refractivity contribution in [1.82, 2.24) is 20.5 Å². The molecule has 0 aliphatic carbocycles. The number of nitrogens with one attached hydrogen (secondary N) is 3. The molecule has 0 bridgehead atoms. The van der Waals surface area contributed by atoms with E-state index in [1.807, 2.05) is 51.2 Å². The number of carbonyl (C=O) groups excluding carboxylic acids is 4. The van der Waals surface area contributed by atoms with Crippen LogP contribution < -0.4 is 10.6 Å². The fraction of sp³-hybridized carbons (Fsp3) is 0.333. The lowest BCUT2D eigenvalue weighted by molar-refractivity contribution is -0.128. The topological polar surface area (TPSA) is 111 Å². The number of hydrogen-bond acceptors (Lipinski definition) is 5. The molecule has 8 nitrogen and oxygen atoms in total. The van der Waals surface area contributed by atoms with Crippen LogP contribution >= 0.6 is 11.3 Å². The molecule has 172 valence electrons. The number of fused-ring (bicyclic) bond motifs is 1. The summed E-state index contributed by atoms with van der Waals surface area (Å²) in [5.41, 5.74) is 1.39. The molecule has 3 N–H and O–H groups in total. The maximum atomic E-state index is 12.9. The smallest absolute Gasteiger partial charge is 0.325 e. The summed E-state index contributed by atoms with van der Waals surface area (Å²) in [6.07, 6.45) is 2.18. The van der Waals surface area contributed by atoms with Gasteiger partial charge >= 0.3 is 6.03 Å². The molecular formula is C24H26N4O4S. The zero-order valence-electron chi connectivity index (χ0n) is 18.7. The van der Waals surface area contributed by atoms with Gasteiger partial charge in [-0.2, -0.15) is 0 Å². The molecule has 1 aliphatic heterocycles. The molecule has 4 rings (SSSR count). The number of para-hydroxylation sites is 1. The Bertz CT molecular complexity index is 1240. The highest BCUT2D eigenvalue weighted by molar-refractivity contribution is 7.14. The molecule has 0 radical (unpaired) electrons. The van der Waals surface area contributed by atoms with E-state index in [2.05, 4.69) is 15.6 Å². The largest absolute Gasteiger partial charge is 0.361 e. The molecule has 0 unspecified atom stereocenters. The Labute approximate surface area is 195 Å². The number of Topliss-reactive ketones (excluding diaryl/α,β-unsaturated/α-hetero) is 1. The van der Waals surface area contributed by atoms with Crippen molar-refractivity contribution in [2.24, 2.45) is 5.41 Å². The fourth-order valence-corrected chi connectivity index (χ4v) is 4.54. The van der Waals surface area contributed by atoms with E-state index < -0.39 is 23.4 Å². The van der Waals surface area contributed by atoms with Gasteiger partial charge in [-0.3, -0.25) is 19.3 Å². The van der Waals surface area contributed by atoms with Crippen molar-refractivity contribution in [3.8, 4) is 0 Å². The number of rotatable bonds is 7. The molecule has 0 spiro atoms. The zero-order valence-corrected chi connectivity index (χ0v) is 19.5. The lowest BCUT2D eigenvalue weighted by atomic mass is 9.96. The highest BCUT2D eigenvalue weighted by Crippen LogP contribution is 2.23. The number of thiophene rings is 1. The van der Waals surface area contributed by atoms with Crippen molar-refractivity contribution in [3.63, 3.8) is 0 Å². The minimum Gasteiger partial charge on any atom is -0.361 e. The zero-order chi connectivity index (χ0) is 23.8. The van der Waals surface area contributed by atoms with Gasteiger partial charge < -0.3 is 15.6 Å². The van der Waals surface area contributed by atoms with Crippen molar-refractivity contribution in [1.29, 1.82) is 0 Å². The Balaban J connectivity index is 1.37. The summed E-state index contributed by atoms with van der Waals surface area (Å²) >= 11 is 1.25. The van der Waals surface area contributed by atoms with E-state index in [1.54, 1.807) is 12.1 Å². The number of aromatic nitrogens is 1. The van der Waals surface area contributed by atoms with Crippen molar-refractivity contribution in [2.45, 2.75) is 39.8 Å². The maximum Gasteiger partial charge on any atom is 0.325 e. The number of hydrogen-bond donors (Lipinski definition) is 3. The number of carbonyl (C=O) groups is 4. The van der Waals surface area contributed by atoms with Gasteiger partial charge in [0.1, 0.15) is 6.04 Å². The number of benzene rings is 1. The second-order valence-electron chi connectivity index (χ2n) is 9.11. The number of urea groups is 1. The maximum absolute atomic E-state index is 12.9. The van der Waals surface area contributed by atoms with Crippen LogP contribution in [0.2, 0.25) is 0 Å². The van der Waals surface area contributed by atoms with Crippen LogP contribution in [0.1, 0.15) is 40.9 Å². The summed E-state index contributed by atoms with van der Waals surface area (Å²) in [5, 5.41) is 6.54. The average molecular weight is 467 g/mol. The van der Waals surface area contributed by atoms with Gasteiger partial charge in [0, 0.05) is 33.8 Å². The van der Waals surface area contributed by atoms with E-state index in [9.17, 15) is 19.2 Å². The monoisotopic (exact) mass is 466 g/mol. The van der Waals surface area contributed by atoms with Gasteiger partial charge in [0.15, 0.2) is 5.78 Å². The van der Waals surface area contributed by atoms with Crippen molar-refractivity contribution in [2.75, 3.05) is 6.54 Å². The van der Waals surface area contributed by atoms with Gasteiger partial charge in [0.05, 0.1) is 18.0 Å². The highest BCUT2D eigenvalue weighted by atomic mass is 32.1. The van der Waals surface area contributed by atoms with E-state index in [0.717, 1.165) is 26.2 Å². The molecule has 1 saturated heterocycles. The minimum atomic E-state index is -0.712. The van der Waals surface area contributed by atoms with Crippen LogP contribution in [0.25, 0.3) is 10.9 Å². The van der Waals surface area contributed by atoms with Gasteiger partial charge in [-0.05, 0) is 23.8 Å². The third-order valence-electron chi connectivity index (χ3n) is 5.55. The van der Waals surface area contributed by atoms with Crippen LogP contribution in [-0.4, -0.2) is 46.1 Å². The lowest BCUT2D eigenvalue weighted by Crippen LogP contribution is -2.36. The van der Waals surface area contributed by atoms with Gasteiger partial charge in [-0.1, -0.05) is 39.0 Å². The van der Waals surface area contributed by atoms with E-state index in [-0.39, 0.29) is 18.2 Å². The van der Waals surface area contributed by atoms with Crippen LogP contribution in [-0.2, 0) is 22.6 Å². The molecule has 2 aromatic heterocycles. The number of ketones is 1. The average Bonchev–Trinajstić information content (AvgIpc) is 3.47. The van der Waals surface area contributed by atoms with Crippen LogP contribution in [0.15, 0.2) is 42.6 Å². The van der Waals surface area contributed by atoms with Crippen LogP contribution in [0.3, 0.4) is 0 Å². The first-order chi connectivity index (χ1) is 15.6. The Hall–Kier alpha value is -3.46. The first-order valence-electron chi connectivity index (χ1n) is 10.7. The first kappa shape index (κ1) is 22.7. The molecule has 4 amide bonds. The molecule has 9 heteroatoms. The predicted molar refractivity (Wildman–Crippen MR) is 126 cm³/mol. The van der Waals surface area contributed by atoms with Crippen LogP contribution in [0, 0.1) is 5.41 Å². The van der Waals surface area contributed by atoms with E-state index in [0.29, 0.717) is 17.8 Å². The van der Waals surface area contributed by atoms with Crippen LogP contribution in [0.5, 0.6) is 0 Å². The number of aromatic amines is 1. The Morgan fingerprint density at radius 3 is 2.64 bits per heavy atom. The number of H-pyrrole nitrogens is 1. The molecule has 0 saturated carbocycles. The molecule has 3 heterocycles. The second kappa shape index (κ2) is 8.82. The predicted octanol–water partition coefficient (Wildman–Crippen LogP) is 3.24. The number of amides is 4. The van der Waals surface area contributed by atoms with Gasteiger partial charge in [0.25, 0.3) is 5.91 Å². The SMILES string of the molecule is CC(C)(C)C(=O)NCc1ccc(C(=O)CN2C(=O)N[C@H](Cc3c[nH]c4ccccc34)C2=O)s1. The third kappa shape index (κ3) is 4.83. The summed E-state index contributed by atoms with van der Waals surface area (Å²) < 4.78 is 0. The quantitative estimate of drug-likeness (QED) is 0.367. The van der Waals surface area contributed by atoms with Crippen molar-refractivity contribution in [3.05, 3.63) is 57.9 Å². The fourth-order valence-electron chi connectivity index (χ4n) is 3.66. The summed E-state index contributed by atoms with van der Waals surface area (Å²) in [7, 11) is 0. The number of imide groups is 1.